The molecule has 0 aliphatic carbocycles. The molecular formula is C48H64N6O12S2. The molecule has 14 N–H and O–H groups in total. The summed E-state index contributed by atoms with van der Waals surface area (Å²) >= 11 is 2.85. The molecule has 0 aromatic heterocycles. The van der Waals surface area contributed by atoms with Gasteiger partial charge in [0.2, 0.25) is 23.6 Å². The Hall–Kier alpha value is -5.84. The molecule has 4 amide bonds. The van der Waals surface area contributed by atoms with Crippen molar-refractivity contribution in [2.75, 3.05) is 13.1 Å². The average molecular weight is 981 g/mol. The van der Waals surface area contributed by atoms with Crippen LogP contribution in [0.15, 0.2) is 121 Å². The van der Waals surface area contributed by atoms with Gasteiger partial charge < -0.3 is 63.2 Å². The number of carbonyl (C=O) groups excluding carboxylic acids is 4. The van der Waals surface area contributed by atoms with E-state index >= 15 is 0 Å². The first-order valence-electron chi connectivity index (χ1n) is 21.2. The highest BCUT2D eigenvalue weighted by atomic mass is 32.2. The number of thioether (sulfide) groups is 2. The summed E-state index contributed by atoms with van der Waals surface area (Å²) < 4.78 is -1.16. The number of aliphatic carboxylic acids is 2. The van der Waals surface area contributed by atoms with Crippen LogP contribution < -0.4 is 21.3 Å². The number of amides is 4. The molecule has 0 unspecified atom stereocenters. The van der Waals surface area contributed by atoms with Crippen molar-refractivity contribution in [3.63, 3.8) is 0 Å². The molecule has 6 atom stereocenters. The number of hydrogen-bond acceptors (Lipinski definition) is 10. The second kappa shape index (κ2) is 26.1. The highest BCUT2D eigenvalue weighted by Crippen LogP contribution is 2.51. The van der Waals surface area contributed by atoms with Gasteiger partial charge in [0.15, 0.2) is 0 Å². The number of nitrogens with one attached hydrogen (secondary N) is 4. The van der Waals surface area contributed by atoms with Gasteiger partial charge in [0.05, 0.1) is 12.8 Å². The fourth-order valence-corrected chi connectivity index (χ4v) is 11.4. The number of benzene rings is 4. The standard InChI is InChI=1S/2C16H18N2O4S.C16H20N2.4H2O/c2*1-16(2)12(15(21)22)18-13(20)11(14(18)23-16)17-10(19)8-9-6-4-3-5-7-9;1-3-7-15(8-4-1)13-17-11-12-18-14-16-9-5-2-6-10-16;;;;/h2*3-7,11-12,14H,8H2,1-2H3,(H,17,19)(H,21,22);1-10,17-18H,11-14H2;4*1H2/t2*11-,12+,14-;;;;;/m11...../s1. The molecule has 4 aliphatic heterocycles. The second-order valence-corrected chi connectivity index (χ2v) is 20.5. The Kier molecular flexibility index (Phi) is 22.3. The van der Waals surface area contributed by atoms with Crippen LogP contribution in [0.2, 0.25) is 0 Å². The molecule has 4 heterocycles. The smallest absolute Gasteiger partial charge is 0.327 e. The third-order valence-corrected chi connectivity index (χ3v) is 14.4. The molecule has 0 radical (unpaired) electrons. The number of carboxylic acids is 2. The fraction of sp³-hybridized carbons (Fsp3) is 0.375. The Morgan fingerprint density at radius 1 is 0.500 bits per heavy atom. The van der Waals surface area contributed by atoms with Crippen LogP contribution >= 0.6 is 23.5 Å². The van der Waals surface area contributed by atoms with Crippen molar-refractivity contribution in [3.05, 3.63) is 144 Å². The van der Waals surface area contributed by atoms with Crippen molar-refractivity contribution in [1.29, 1.82) is 0 Å². The Morgan fingerprint density at radius 3 is 1.06 bits per heavy atom. The largest absolute Gasteiger partial charge is 0.480 e. The minimum atomic E-state index is -1.01. The third kappa shape index (κ3) is 14.3. The van der Waals surface area contributed by atoms with Gasteiger partial charge in [0.1, 0.15) is 34.9 Å². The Balaban J connectivity index is 0.000000343. The minimum absolute atomic E-state index is 0. The molecule has 370 valence electrons. The third-order valence-electron chi connectivity index (χ3n) is 11.2. The minimum Gasteiger partial charge on any atom is -0.480 e. The van der Waals surface area contributed by atoms with Crippen LogP contribution in [0.1, 0.15) is 49.9 Å². The first-order valence-corrected chi connectivity index (χ1v) is 22.9. The lowest BCUT2D eigenvalue weighted by molar-refractivity contribution is -0.161. The summed E-state index contributed by atoms with van der Waals surface area (Å²) in [4.78, 5) is 74.4. The van der Waals surface area contributed by atoms with Crippen LogP contribution in [0, 0.1) is 0 Å². The zero-order valence-corrected chi connectivity index (χ0v) is 39.9. The normalized spacial score (nSPS) is 21.7. The lowest BCUT2D eigenvalue weighted by Gasteiger charge is -2.43. The molecule has 4 fully saturated rings. The highest BCUT2D eigenvalue weighted by molar-refractivity contribution is 8.02. The number of carbonyl (C=O) groups is 6. The molecule has 4 aromatic carbocycles. The van der Waals surface area contributed by atoms with E-state index in [-0.39, 0.29) is 69.1 Å². The fourth-order valence-electron chi connectivity index (χ4n) is 8.14. The van der Waals surface area contributed by atoms with Crippen LogP contribution in [-0.4, -0.2) is 135 Å². The van der Waals surface area contributed by atoms with Crippen LogP contribution in [0.4, 0.5) is 0 Å². The van der Waals surface area contributed by atoms with Crippen LogP contribution in [0.25, 0.3) is 0 Å². The predicted molar refractivity (Wildman–Crippen MR) is 262 cm³/mol. The maximum Gasteiger partial charge on any atom is 0.327 e. The molecule has 4 saturated heterocycles. The van der Waals surface area contributed by atoms with E-state index in [4.69, 9.17) is 0 Å². The van der Waals surface area contributed by atoms with Crippen LogP contribution in [-0.2, 0) is 54.7 Å². The first-order chi connectivity index (χ1) is 30.6. The van der Waals surface area contributed by atoms with Crippen molar-refractivity contribution < 1.29 is 60.9 Å². The first kappa shape index (κ1) is 58.3. The van der Waals surface area contributed by atoms with Gasteiger partial charge in [-0.25, -0.2) is 9.59 Å². The highest BCUT2D eigenvalue weighted by Gasteiger charge is 2.65. The number of fused-ring (bicyclic) bond motifs is 2. The number of carboxylic acid groups (broad SMARTS) is 2. The van der Waals surface area contributed by atoms with E-state index in [2.05, 4.69) is 69.8 Å². The number of rotatable bonds is 15. The van der Waals surface area contributed by atoms with Crippen LogP contribution in [0.3, 0.4) is 0 Å². The zero-order valence-electron chi connectivity index (χ0n) is 38.3. The molecule has 8 rings (SSSR count). The summed E-state index contributed by atoms with van der Waals surface area (Å²) in [5.74, 6) is -3.11. The van der Waals surface area contributed by atoms with E-state index < -0.39 is 45.6 Å². The number of β-lactam (4-membered cyclic amide) rings is 2. The topological polar surface area (TPSA) is 323 Å². The van der Waals surface area contributed by atoms with E-state index in [0.717, 1.165) is 37.3 Å². The number of hydrogen-bond donors (Lipinski definition) is 6. The monoisotopic (exact) mass is 980 g/mol. The maximum absolute atomic E-state index is 12.3. The molecule has 0 spiro atoms. The van der Waals surface area contributed by atoms with Gasteiger partial charge in [0, 0.05) is 35.7 Å². The summed E-state index contributed by atoms with van der Waals surface area (Å²) in [6.45, 7) is 11.1. The SMILES string of the molecule is CC1(C)S[C@@H]2[C@H](NC(=O)Cc3ccccc3)C(=O)N2[C@H]1C(=O)O.CC1(C)S[C@@H]2[C@H](NC(=O)Cc3ccccc3)C(=O)N2[C@H]1C(=O)O.O.O.O.O.c1ccc(CNCCNCc2ccccc2)cc1. The lowest BCUT2D eigenvalue weighted by atomic mass is 9.96. The Labute approximate surface area is 404 Å². The summed E-state index contributed by atoms with van der Waals surface area (Å²) in [6, 6.07) is 36.5. The van der Waals surface area contributed by atoms with Crippen molar-refractivity contribution >= 4 is 59.1 Å². The van der Waals surface area contributed by atoms with E-state index in [1.807, 2.05) is 100 Å². The molecular weight excluding hydrogens is 917 g/mol. The Morgan fingerprint density at radius 2 is 0.779 bits per heavy atom. The van der Waals surface area contributed by atoms with E-state index in [0.29, 0.717) is 0 Å². The van der Waals surface area contributed by atoms with Gasteiger partial charge in [-0.15, -0.1) is 23.5 Å². The van der Waals surface area contributed by atoms with E-state index in [1.54, 1.807) is 0 Å². The molecule has 18 nitrogen and oxygen atoms in total. The quantitative estimate of drug-likeness (QED) is 0.0718. The van der Waals surface area contributed by atoms with Crippen molar-refractivity contribution in [2.45, 2.75) is 98.0 Å². The van der Waals surface area contributed by atoms with Gasteiger partial charge in [-0.3, -0.25) is 19.2 Å². The van der Waals surface area contributed by atoms with Crippen molar-refractivity contribution in [3.8, 4) is 0 Å². The molecule has 0 saturated carbocycles. The van der Waals surface area contributed by atoms with Gasteiger partial charge in [-0.1, -0.05) is 121 Å². The molecule has 20 heteroatoms. The average Bonchev–Trinajstić information content (AvgIpc) is 3.69. The van der Waals surface area contributed by atoms with Gasteiger partial charge in [-0.05, 0) is 49.9 Å². The van der Waals surface area contributed by atoms with Gasteiger partial charge in [-0.2, -0.15) is 0 Å². The molecule has 0 bridgehead atoms. The molecule has 68 heavy (non-hydrogen) atoms. The van der Waals surface area contributed by atoms with Gasteiger partial charge in [0.25, 0.3) is 0 Å². The van der Waals surface area contributed by atoms with Crippen molar-refractivity contribution in [2.24, 2.45) is 0 Å². The summed E-state index contributed by atoms with van der Waals surface area (Å²) in [5.41, 5.74) is 4.41. The second-order valence-electron chi connectivity index (χ2n) is 16.9. The molecule has 4 aliphatic rings. The lowest BCUT2D eigenvalue weighted by Crippen LogP contribution is -2.70. The molecule has 4 aromatic rings. The predicted octanol–water partition coefficient (Wildman–Crippen LogP) is 0.989. The maximum atomic E-state index is 12.3. The van der Waals surface area contributed by atoms with E-state index in [9.17, 15) is 39.0 Å². The summed E-state index contributed by atoms with van der Waals surface area (Å²) in [7, 11) is 0. The Bertz CT molecular complexity index is 2110. The number of nitrogens with zero attached hydrogens (tertiary/aromatic N) is 2. The van der Waals surface area contributed by atoms with E-state index in [1.165, 1.54) is 44.5 Å². The van der Waals surface area contributed by atoms with Crippen LogP contribution in [0.5, 0.6) is 0 Å². The van der Waals surface area contributed by atoms with Crippen molar-refractivity contribution in [1.82, 2.24) is 31.1 Å². The zero-order chi connectivity index (χ0) is 46.0. The summed E-state index contributed by atoms with van der Waals surface area (Å²) in [5, 5.41) is 30.4. The van der Waals surface area contributed by atoms with Gasteiger partial charge >= 0.3 is 11.9 Å². The summed E-state index contributed by atoms with van der Waals surface area (Å²) in [6.07, 6.45) is 0.404.